The van der Waals surface area contributed by atoms with Crippen molar-refractivity contribution in [3.8, 4) is 0 Å². The zero-order valence-electron chi connectivity index (χ0n) is 9.78. The summed E-state index contributed by atoms with van der Waals surface area (Å²) in [4.78, 5) is 12.2. The van der Waals surface area contributed by atoms with Gasteiger partial charge in [-0.2, -0.15) is 16.9 Å². The van der Waals surface area contributed by atoms with Gasteiger partial charge in [0, 0.05) is 37.1 Å². The number of hydrogen-bond donors (Lipinski definition) is 1. The molecule has 1 aliphatic rings. The Hall–Kier alpha value is -0.520. The molecule has 4 nitrogen and oxygen atoms in total. The Morgan fingerprint density at radius 3 is 3.24 bits per heavy atom. The minimum atomic E-state index is 0.0781. The number of nitrogens with zero attached hydrogens (tertiary/aromatic N) is 2. The minimum Gasteiger partial charge on any atom is -0.312 e. The number of ketones is 1. The van der Waals surface area contributed by atoms with E-state index in [0.29, 0.717) is 23.7 Å². The summed E-state index contributed by atoms with van der Waals surface area (Å²) in [5.74, 6) is 2.19. The quantitative estimate of drug-likeness (QED) is 0.851. The van der Waals surface area contributed by atoms with Crippen molar-refractivity contribution in [2.45, 2.75) is 25.9 Å². The average Bonchev–Trinajstić information content (AvgIpc) is 2.71. The highest BCUT2D eigenvalue weighted by Crippen LogP contribution is 2.19. The first-order valence-electron chi connectivity index (χ1n) is 5.78. The minimum absolute atomic E-state index is 0.0781. The molecule has 1 unspecified atom stereocenters. The van der Waals surface area contributed by atoms with E-state index in [4.69, 9.17) is 11.6 Å². The third-order valence-electron chi connectivity index (χ3n) is 2.79. The number of hydrogen-bond acceptors (Lipinski definition) is 4. The molecule has 0 spiro atoms. The van der Waals surface area contributed by atoms with Crippen molar-refractivity contribution in [1.29, 1.82) is 0 Å². The summed E-state index contributed by atoms with van der Waals surface area (Å²) in [6.45, 7) is 3.60. The van der Waals surface area contributed by atoms with Gasteiger partial charge >= 0.3 is 0 Å². The Balaban J connectivity index is 2.05. The number of carbonyl (C=O) groups excluding carboxylic acids is 1. The second kappa shape index (κ2) is 5.89. The molecule has 17 heavy (non-hydrogen) atoms. The molecule has 94 valence electrons. The highest BCUT2D eigenvalue weighted by atomic mass is 35.5. The molecule has 1 aromatic heterocycles. The van der Waals surface area contributed by atoms with Crippen LogP contribution in [0, 0.1) is 0 Å². The summed E-state index contributed by atoms with van der Waals surface area (Å²) in [6, 6.07) is 0.262. The zero-order chi connectivity index (χ0) is 12.3. The number of rotatable bonds is 4. The van der Waals surface area contributed by atoms with Crippen LogP contribution < -0.4 is 5.32 Å². The monoisotopic (exact) mass is 273 g/mol. The van der Waals surface area contributed by atoms with Crippen LogP contribution in [-0.4, -0.2) is 39.7 Å². The van der Waals surface area contributed by atoms with Crippen molar-refractivity contribution < 1.29 is 4.79 Å². The predicted molar refractivity (Wildman–Crippen MR) is 71.0 cm³/mol. The molecule has 0 bridgehead atoms. The molecule has 2 heterocycles. The lowest BCUT2D eigenvalue weighted by molar-refractivity contribution is 0.0962. The van der Waals surface area contributed by atoms with Crippen molar-refractivity contribution in [2.75, 3.05) is 18.1 Å². The first-order valence-corrected chi connectivity index (χ1v) is 7.31. The van der Waals surface area contributed by atoms with Crippen LogP contribution in [0.15, 0.2) is 6.20 Å². The van der Waals surface area contributed by atoms with Gasteiger partial charge < -0.3 is 5.32 Å². The fourth-order valence-corrected chi connectivity index (χ4v) is 3.15. The number of Topliss-reactive ketones (excluding diaryl/α,β-unsaturated/α-hetero) is 1. The molecule has 6 heteroatoms. The van der Waals surface area contributed by atoms with Gasteiger partial charge in [0.1, 0.15) is 5.69 Å². The molecule has 1 N–H and O–H groups in total. The topological polar surface area (TPSA) is 46.9 Å². The highest BCUT2D eigenvalue weighted by molar-refractivity contribution is 7.99. The van der Waals surface area contributed by atoms with Gasteiger partial charge in [-0.05, 0) is 6.92 Å². The fourth-order valence-electron chi connectivity index (χ4n) is 1.95. The number of halogens is 1. The number of aryl methyl sites for hydroxylation is 1. The van der Waals surface area contributed by atoms with E-state index in [1.807, 2.05) is 18.7 Å². The third-order valence-corrected chi connectivity index (χ3v) is 4.20. The van der Waals surface area contributed by atoms with Gasteiger partial charge in [0.25, 0.3) is 0 Å². The predicted octanol–water partition coefficient (Wildman–Crippen LogP) is 1.83. The van der Waals surface area contributed by atoms with Gasteiger partial charge in [-0.25, -0.2) is 0 Å². The maximum Gasteiger partial charge on any atom is 0.183 e. The lowest BCUT2D eigenvalue weighted by Gasteiger charge is -2.22. The molecular formula is C11H16ClN3OS. The van der Waals surface area contributed by atoms with Crippen LogP contribution in [0.4, 0.5) is 0 Å². The Bertz CT molecular complexity index is 401. The van der Waals surface area contributed by atoms with Crippen LogP contribution in [0.3, 0.4) is 0 Å². The van der Waals surface area contributed by atoms with Crippen molar-refractivity contribution >= 4 is 29.1 Å². The maximum absolute atomic E-state index is 12.2. The first kappa shape index (κ1) is 12.9. The van der Waals surface area contributed by atoms with Crippen LogP contribution >= 0.6 is 23.4 Å². The summed E-state index contributed by atoms with van der Waals surface area (Å²) in [6.07, 6.45) is 2.04. The third kappa shape index (κ3) is 3.03. The van der Waals surface area contributed by atoms with Gasteiger partial charge in [-0.3, -0.25) is 9.48 Å². The number of carbonyl (C=O) groups is 1. The molecule has 1 aliphatic heterocycles. The normalized spacial score (nSPS) is 20.5. The van der Waals surface area contributed by atoms with E-state index in [9.17, 15) is 4.79 Å². The van der Waals surface area contributed by atoms with Gasteiger partial charge in [0.05, 0.1) is 11.2 Å². The van der Waals surface area contributed by atoms with E-state index < -0.39 is 0 Å². The smallest absolute Gasteiger partial charge is 0.183 e. The van der Waals surface area contributed by atoms with E-state index in [1.165, 1.54) is 0 Å². The fraction of sp³-hybridized carbons (Fsp3) is 0.636. The molecule has 1 saturated heterocycles. The second-order valence-corrected chi connectivity index (χ2v) is 5.57. The largest absolute Gasteiger partial charge is 0.312 e. The Kier molecular flexibility index (Phi) is 4.48. The molecular weight excluding hydrogens is 258 g/mol. The van der Waals surface area contributed by atoms with Crippen molar-refractivity contribution in [3.05, 3.63) is 16.9 Å². The van der Waals surface area contributed by atoms with Crippen molar-refractivity contribution in [1.82, 2.24) is 15.1 Å². The highest BCUT2D eigenvalue weighted by Gasteiger charge is 2.22. The lowest BCUT2D eigenvalue weighted by atomic mass is 10.1. The SMILES string of the molecule is CCn1ncc(Cl)c1C(=O)CC1CSCCN1. The van der Waals surface area contributed by atoms with E-state index in [2.05, 4.69) is 10.4 Å². The second-order valence-electron chi connectivity index (χ2n) is 4.01. The summed E-state index contributed by atoms with van der Waals surface area (Å²) in [5, 5.41) is 7.90. The molecule has 0 saturated carbocycles. The average molecular weight is 274 g/mol. The first-order chi connectivity index (χ1) is 8.22. The van der Waals surface area contributed by atoms with E-state index >= 15 is 0 Å². The van der Waals surface area contributed by atoms with E-state index in [1.54, 1.807) is 10.9 Å². The molecule has 0 amide bonds. The number of thioether (sulfide) groups is 1. The molecule has 1 aromatic rings. The van der Waals surface area contributed by atoms with Gasteiger partial charge in [0.15, 0.2) is 5.78 Å². The van der Waals surface area contributed by atoms with Gasteiger partial charge in [-0.1, -0.05) is 11.6 Å². The summed E-state index contributed by atoms with van der Waals surface area (Å²) >= 11 is 7.89. The number of aromatic nitrogens is 2. The molecule has 1 atom stereocenters. The zero-order valence-corrected chi connectivity index (χ0v) is 11.4. The van der Waals surface area contributed by atoms with E-state index in [0.717, 1.165) is 18.1 Å². The molecule has 0 aromatic carbocycles. The van der Waals surface area contributed by atoms with Crippen molar-refractivity contribution in [3.63, 3.8) is 0 Å². The molecule has 1 fully saturated rings. The summed E-state index contributed by atoms with van der Waals surface area (Å²) in [5.41, 5.74) is 0.548. The summed E-state index contributed by atoms with van der Waals surface area (Å²) in [7, 11) is 0. The Labute approximate surface area is 110 Å². The Morgan fingerprint density at radius 1 is 1.76 bits per heavy atom. The van der Waals surface area contributed by atoms with Crippen molar-refractivity contribution in [2.24, 2.45) is 0 Å². The standard InChI is InChI=1S/C11H16ClN3OS/c1-2-15-11(9(12)6-14-15)10(16)5-8-7-17-4-3-13-8/h6,8,13H,2-5,7H2,1H3. The van der Waals surface area contributed by atoms with E-state index in [-0.39, 0.29) is 11.8 Å². The van der Waals surface area contributed by atoms with Crippen LogP contribution in [0.5, 0.6) is 0 Å². The van der Waals surface area contributed by atoms with Crippen LogP contribution in [0.2, 0.25) is 5.02 Å². The van der Waals surface area contributed by atoms with Crippen LogP contribution in [0.1, 0.15) is 23.8 Å². The van der Waals surface area contributed by atoms with Crippen LogP contribution in [0.25, 0.3) is 0 Å². The van der Waals surface area contributed by atoms with Gasteiger partial charge in [0.2, 0.25) is 0 Å². The number of nitrogens with one attached hydrogen (secondary N) is 1. The van der Waals surface area contributed by atoms with Gasteiger partial charge in [-0.15, -0.1) is 0 Å². The van der Waals surface area contributed by atoms with Crippen LogP contribution in [-0.2, 0) is 6.54 Å². The molecule has 0 aliphatic carbocycles. The Morgan fingerprint density at radius 2 is 2.59 bits per heavy atom. The molecule has 0 radical (unpaired) electrons. The molecule has 2 rings (SSSR count). The lowest BCUT2D eigenvalue weighted by Crippen LogP contribution is -2.39. The maximum atomic E-state index is 12.2. The summed E-state index contributed by atoms with van der Waals surface area (Å²) < 4.78 is 1.67.